The molecule has 0 saturated heterocycles. The maximum absolute atomic E-state index is 7.21. The first-order valence-corrected chi connectivity index (χ1v) is 23.5. The van der Waals surface area contributed by atoms with Gasteiger partial charge >= 0.3 is 0 Å². The molecular formula is C63H41N5O. The number of hydrogen-bond donors (Lipinski definition) is 0. The third-order valence-corrected chi connectivity index (χ3v) is 13.9. The van der Waals surface area contributed by atoms with Gasteiger partial charge in [0, 0.05) is 66.8 Å². The lowest BCUT2D eigenvalue weighted by Gasteiger charge is -2.33. The van der Waals surface area contributed by atoms with E-state index in [-0.39, 0.29) is 12.0 Å². The Morgan fingerprint density at radius 2 is 0.957 bits per heavy atom. The number of benzene rings is 9. The molecule has 0 radical (unpaired) electrons. The van der Waals surface area contributed by atoms with Crippen LogP contribution in [0.3, 0.4) is 0 Å². The van der Waals surface area contributed by atoms with Crippen LogP contribution < -0.4 is 4.90 Å². The highest BCUT2D eigenvalue weighted by Crippen LogP contribution is 2.56. The van der Waals surface area contributed by atoms with Gasteiger partial charge in [0.05, 0.1) is 28.1 Å². The molecule has 3 aromatic heterocycles. The summed E-state index contributed by atoms with van der Waals surface area (Å²) in [7, 11) is 0. The summed E-state index contributed by atoms with van der Waals surface area (Å²) in [5.41, 5.74) is 15.7. The summed E-state index contributed by atoms with van der Waals surface area (Å²) in [6.45, 7) is 0. The van der Waals surface area contributed by atoms with E-state index in [1.165, 1.54) is 21.9 Å². The average Bonchev–Trinajstić information content (AvgIpc) is 4.09. The summed E-state index contributed by atoms with van der Waals surface area (Å²) in [6.07, 6.45) is 9.09. The number of rotatable bonds is 7. The molecule has 0 fully saturated rings. The molecule has 0 bridgehead atoms. The van der Waals surface area contributed by atoms with Crippen LogP contribution in [0.4, 0.5) is 11.4 Å². The van der Waals surface area contributed by atoms with E-state index in [2.05, 4.69) is 210 Å². The number of nitrogens with zero attached hydrogens (tertiary/aromatic N) is 5. The van der Waals surface area contributed by atoms with E-state index in [1.807, 2.05) is 36.4 Å². The van der Waals surface area contributed by atoms with Crippen molar-refractivity contribution in [1.82, 2.24) is 19.5 Å². The quantitative estimate of drug-likeness (QED) is 0.160. The average molecular weight is 884 g/mol. The number of anilines is 2. The van der Waals surface area contributed by atoms with Gasteiger partial charge in [-0.2, -0.15) is 0 Å². The van der Waals surface area contributed by atoms with E-state index in [1.54, 1.807) is 0 Å². The number of hydrogen-bond acceptors (Lipinski definition) is 5. The lowest BCUT2D eigenvalue weighted by atomic mass is 9.89. The minimum atomic E-state index is -0.0399. The van der Waals surface area contributed by atoms with Crippen LogP contribution in [0.25, 0.3) is 106 Å². The highest BCUT2D eigenvalue weighted by Gasteiger charge is 2.42. The normalized spacial score (nSPS) is 15.1. The summed E-state index contributed by atoms with van der Waals surface area (Å²) in [5.74, 6) is 1.87. The fourth-order valence-electron chi connectivity index (χ4n) is 10.9. The standard InChI is InChI=1S/C63H41N5O/c1-6-20-40(21-7-1)50-38-44(63-65-61(42-24-10-3-11-25-42)64-62(66-63)43-26-12-4-13-27-43)39-51(41-22-8-2-9-23-41)58(50)68-53-33-19-17-31-48(53)56-54(68)36-34-49-57-55(69-60(49)56)37-35-47-46-30-16-18-32-52(46)67(59(47)57)45-28-14-5-15-29-45/h1-39,48,53H. The molecule has 0 spiro atoms. The van der Waals surface area contributed by atoms with Crippen molar-refractivity contribution in [3.05, 3.63) is 242 Å². The van der Waals surface area contributed by atoms with Gasteiger partial charge in [0.1, 0.15) is 11.2 Å². The van der Waals surface area contributed by atoms with Gasteiger partial charge in [-0.15, -0.1) is 0 Å². The second kappa shape index (κ2) is 15.8. The van der Waals surface area contributed by atoms with Gasteiger partial charge in [-0.1, -0.05) is 182 Å². The molecule has 14 rings (SSSR count). The van der Waals surface area contributed by atoms with Crippen molar-refractivity contribution in [2.24, 2.45) is 0 Å². The Balaban J connectivity index is 1.04. The van der Waals surface area contributed by atoms with Gasteiger partial charge in [-0.25, -0.2) is 15.0 Å². The van der Waals surface area contributed by atoms with Crippen LogP contribution in [0, 0.1) is 0 Å². The first kappa shape index (κ1) is 39.1. The molecule has 0 N–H and O–H groups in total. The Labute approximate surface area is 398 Å². The van der Waals surface area contributed by atoms with Gasteiger partial charge in [-0.3, -0.25) is 0 Å². The Hall–Kier alpha value is -9.13. The zero-order valence-corrected chi connectivity index (χ0v) is 37.3. The Bertz CT molecular complexity index is 3890. The second-order valence-corrected chi connectivity index (χ2v) is 17.8. The first-order chi connectivity index (χ1) is 34.2. The lowest BCUT2D eigenvalue weighted by Crippen LogP contribution is -2.29. The zero-order chi connectivity index (χ0) is 45.4. The SMILES string of the molecule is C1=CC2c3c(ccc4c3oc3ccc5c6ccccc6n(-c6ccccc6)c5c34)N(c3c(-c4ccccc4)cc(-c4nc(-c5ccccc5)nc(-c5ccccc5)n4)cc3-c3ccccc3)C2C=C1. The predicted octanol–water partition coefficient (Wildman–Crippen LogP) is 15.9. The van der Waals surface area contributed by atoms with Crippen LogP contribution in [0.2, 0.25) is 0 Å². The van der Waals surface area contributed by atoms with Crippen molar-refractivity contribution in [3.8, 4) is 62.1 Å². The molecule has 1 aliphatic carbocycles. The molecule has 0 amide bonds. The maximum atomic E-state index is 7.21. The topological polar surface area (TPSA) is 60.0 Å². The molecule has 4 heterocycles. The lowest BCUT2D eigenvalue weighted by molar-refractivity contribution is 0.656. The molecular weight excluding hydrogens is 843 g/mol. The Morgan fingerprint density at radius 3 is 1.58 bits per heavy atom. The summed E-state index contributed by atoms with van der Waals surface area (Å²) in [5, 5.41) is 4.65. The predicted molar refractivity (Wildman–Crippen MR) is 282 cm³/mol. The van der Waals surface area contributed by atoms with Crippen molar-refractivity contribution < 1.29 is 4.42 Å². The van der Waals surface area contributed by atoms with Crippen molar-refractivity contribution in [2.75, 3.05) is 4.90 Å². The molecule has 69 heavy (non-hydrogen) atoms. The molecule has 6 nitrogen and oxygen atoms in total. The summed E-state index contributed by atoms with van der Waals surface area (Å²) in [4.78, 5) is 18.1. The summed E-state index contributed by atoms with van der Waals surface area (Å²) in [6, 6.07) is 74.8. The molecule has 6 heteroatoms. The maximum Gasteiger partial charge on any atom is 0.164 e. The highest BCUT2D eigenvalue weighted by atomic mass is 16.3. The van der Waals surface area contributed by atoms with E-state index in [9.17, 15) is 0 Å². The summed E-state index contributed by atoms with van der Waals surface area (Å²) < 4.78 is 9.61. The van der Waals surface area contributed by atoms with Crippen LogP contribution in [0.1, 0.15) is 11.5 Å². The molecule has 2 atom stereocenters. The number of allylic oxidation sites excluding steroid dienone is 2. The van der Waals surface area contributed by atoms with E-state index in [0.29, 0.717) is 17.5 Å². The molecule has 12 aromatic rings. The molecule has 2 unspecified atom stereocenters. The van der Waals surface area contributed by atoms with Crippen molar-refractivity contribution in [1.29, 1.82) is 0 Å². The fourth-order valence-corrected chi connectivity index (χ4v) is 10.9. The van der Waals surface area contributed by atoms with Gasteiger partial charge in [0.2, 0.25) is 0 Å². The third kappa shape index (κ3) is 6.23. The Morgan fingerprint density at radius 1 is 0.435 bits per heavy atom. The van der Waals surface area contributed by atoms with E-state index in [0.717, 1.165) is 83.5 Å². The minimum Gasteiger partial charge on any atom is -0.456 e. The number of furan rings is 1. The van der Waals surface area contributed by atoms with Crippen LogP contribution in [-0.4, -0.2) is 25.6 Å². The molecule has 2 aliphatic rings. The van der Waals surface area contributed by atoms with E-state index >= 15 is 0 Å². The van der Waals surface area contributed by atoms with Gasteiger partial charge in [0.25, 0.3) is 0 Å². The Kier molecular flexibility index (Phi) is 8.92. The van der Waals surface area contributed by atoms with Crippen LogP contribution in [0.15, 0.2) is 241 Å². The van der Waals surface area contributed by atoms with Gasteiger partial charge in [-0.05, 0) is 65.7 Å². The number of fused-ring (bicyclic) bond motifs is 11. The van der Waals surface area contributed by atoms with Crippen molar-refractivity contribution >= 4 is 55.1 Å². The first-order valence-electron chi connectivity index (χ1n) is 23.5. The smallest absolute Gasteiger partial charge is 0.164 e. The molecule has 324 valence electrons. The van der Waals surface area contributed by atoms with Crippen molar-refractivity contribution in [2.45, 2.75) is 12.0 Å². The monoisotopic (exact) mass is 883 g/mol. The second-order valence-electron chi connectivity index (χ2n) is 17.8. The highest BCUT2D eigenvalue weighted by molar-refractivity contribution is 6.25. The molecule has 9 aromatic carbocycles. The fraction of sp³-hybridized carbons (Fsp3) is 0.0317. The molecule has 1 aliphatic heterocycles. The van der Waals surface area contributed by atoms with Gasteiger partial charge in [0.15, 0.2) is 17.5 Å². The van der Waals surface area contributed by atoms with Crippen LogP contribution in [0.5, 0.6) is 0 Å². The van der Waals surface area contributed by atoms with Crippen molar-refractivity contribution in [3.63, 3.8) is 0 Å². The largest absolute Gasteiger partial charge is 0.456 e. The summed E-state index contributed by atoms with van der Waals surface area (Å²) >= 11 is 0. The third-order valence-electron chi connectivity index (χ3n) is 13.9. The van der Waals surface area contributed by atoms with Crippen LogP contribution in [-0.2, 0) is 0 Å². The zero-order valence-electron chi connectivity index (χ0n) is 37.3. The minimum absolute atomic E-state index is 0.0158. The number of aromatic nitrogens is 4. The van der Waals surface area contributed by atoms with E-state index in [4.69, 9.17) is 19.4 Å². The molecule has 0 saturated carbocycles. The van der Waals surface area contributed by atoms with Crippen LogP contribution >= 0.6 is 0 Å². The number of para-hydroxylation sites is 2. The van der Waals surface area contributed by atoms with E-state index < -0.39 is 0 Å². The van der Waals surface area contributed by atoms with Gasteiger partial charge < -0.3 is 13.9 Å².